The summed E-state index contributed by atoms with van der Waals surface area (Å²) in [7, 11) is -1.13. The summed E-state index contributed by atoms with van der Waals surface area (Å²) >= 11 is 0. The van der Waals surface area contributed by atoms with Crippen molar-refractivity contribution in [2.45, 2.75) is 57.5 Å². The Bertz CT molecular complexity index is 549. The third kappa shape index (κ3) is 2.71. The lowest BCUT2D eigenvalue weighted by atomic mass is 10.1. The van der Waals surface area contributed by atoms with Gasteiger partial charge in [-0.15, -0.1) is 0 Å². The van der Waals surface area contributed by atoms with Crippen LogP contribution in [0.4, 0.5) is 5.69 Å². The van der Waals surface area contributed by atoms with Crippen molar-refractivity contribution in [2.24, 2.45) is 0 Å². The summed E-state index contributed by atoms with van der Waals surface area (Å²) in [4.78, 5) is 13.1. The van der Waals surface area contributed by atoms with E-state index in [0.717, 1.165) is 18.5 Å². The highest BCUT2D eigenvalue weighted by Crippen LogP contribution is 2.77. The van der Waals surface area contributed by atoms with Crippen molar-refractivity contribution in [2.75, 3.05) is 24.3 Å². The van der Waals surface area contributed by atoms with Gasteiger partial charge in [0.2, 0.25) is 0 Å². The zero-order valence-corrected chi connectivity index (χ0v) is 15.1. The van der Waals surface area contributed by atoms with Gasteiger partial charge >= 0.3 is 0 Å². The van der Waals surface area contributed by atoms with Crippen molar-refractivity contribution in [1.29, 1.82) is 0 Å². The molecule has 1 saturated heterocycles. The highest BCUT2D eigenvalue weighted by molar-refractivity contribution is 7.78. The van der Waals surface area contributed by atoms with Crippen LogP contribution in [0.2, 0.25) is 0 Å². The molecule has 1 aliphatic carbocycles. The van der Waals surface area contributed by atoms with Crippen molar-refractivity contribution in [1.82, 2.24) is 0 Å². The maximum atomic E-state index is 13.1. The Hall–Kier alpha value is -0.880. The monoisotopic (exact) mass is 318 g/mol. The van der Waals surface area contributed by atoms with Gasteiger partial charge < -0.3 is 5.32 Å². The van der Waals surface area contributed by atoms with E-state index < -0.39 is 7.26 Å². The molecule has 0 aromatic heterocycles. The predicted octanol–water partition coefficient (Wildman–Crippen LogP) is 5.00. The van der Waals surface area contributed by atoms with E-state index in [0.29, 0.717) is 5.91 Å². The summed E-state index contributed by atoms with van der Waals surface area (Å²) in [6.07, 6.45) is 10.3. The molecule has 1 N–H and O–H groups in total. The highest BCUT2D eigenvalue weighted by Gasteiger charge is 2.67. The van der Waals surface area contributed by atoms with Crippen LogP contribution in [0.5, 0.6) is 0 Å². The van der Waals surface area contributed by atoms with Crippen molar-refractivity contribution >= 4 is 18.9 Å². The average Bonchev–Trinajstić information content (AvgIpc) is 3.28. The number of aryl methyl sites for hydroxylation is 2. The van der Waals surface area contributed by atoms with E-state index in [-0.39, 0.29) is 5.16 Å². The maximum Gasteiger partial charge on any atom is 0.268 e. The number of carbonyl (C=O) groups excluding carboxylic acids is 1. The Kier molecular flexibility index (Phi) is 4.34. The predicted molar refractivity (Wildman–Crippen MR) is 97.6 cm³/mol. The van der Waals surface area contributed by atoms with Crippen molar-refractivity contribution in [3.8, 4) is 0 Å². The molecule has 2 aliphatic rings. The van der Waals surface area contributed by atoms with Gasteiger partial charge in [-0.05, 0) is 50.7 Å². The summed E-state index contributed by atoms with van der Waals surface area (Å²) < 4.78 is 0. The van der Waals surface area contributed by atoms with Gasteiger partial charge in [-0.2, -0.15) is 0 Å². The topological polar surface area (TPSA) is 29.1 Å². The van der Waals surface area contributed by atoms with E-state index in [1.54, 1.807) is 0 Å². The first-order chi connectivity index (χ1) is 10.5. The van der Waals surface area contributed by atoms with Crippen LogP contribution in [-0.2, 0) is 4.79 Å². The smallest absolute Gasteiger partial charge is 0.268 e. The first-order valence-corrected chi connectivity index (χ1v) is 11.3. The number of rotatable bonds is 3. The maximum absolute atomic E-state index is 13.1. The second-order valence-electron chi connectivity index (χ2n) is 7.51. The van der Waals surface area contributed by atoms with Gasteiger partial charge in [0.1, 0.15) is 0 Å². The van der Waals surface area contributed by atoms with Gasteiger partial charge in [-0.3, -0.25) is 4.79 Å². The molecule has 2 fully saturated rings. The molecule has 2 nitrogen and oxygen atoms in total. The van der Waals surface area contributed by atoms with Crippen molar-refractivity contribution in [3.63, 3.8) is 0 Å². The van der Waals surface area contributed by atoms with E-state index in [1.165, 1.54) is 49.1 Å². The highest BCUT2D eigenvalue weighted by atomic mass is 31.2. The molecule has 22 heavy (non-hydrogen) atoms. The van der Waals surface area contributed by atoms with E-state index in [4.69, 9.17) is 0 Å². The fourth-order valence-electron chi connectivity index (χ4n) is 4.19. The van der Waals surface area contributed by atoms with Crippen LogP contribution < -0.4 is 5.32 Å². The molecule has 0 unspecified atom stereocenters. The van der Waals surface area contributed by atoms with Crippen LogP contribution in [0.15, 0.2) is 18.2 Å². The molecule has 1 saturated carbocycles. The Morgan fingerprint density at radius 1 is 1.05 bits per heavy atom. The summed E-state index contributed by atoms with van der Waals surface area (Å²) in [6.45, 7) is 6.66. The van der Waals surface area contributed by atoms with Crippen LogP contribution >= 0.6 is 7.26 Å². The van der Waals surface area contributed by atoms with Crippen LogP contribution in [0.25, 0.3) is 0 Å². The van der Waals surface area contributed by atoms with E-state index in [9.17, 15) is 4.79 Å². The number of hydrogen-bond acceptors (Lipinski definition) is 1. The van der Waals surface area contributed by atoms with Gasteiger partial charge in [0.15, 0.2) is 5.16 Å². The molecule has 1 aromatic carbocycles. The van der Waals surface area contributed by atoms with Gasteiger partial charge in [0.05, 0.1) is 12.3 Å². The van der Waals surface area contributed by atoms with Crippen LogP contribution in [0.3, 0.4) is 0 Å². The molecular weight excluding hydrogens is 289 g/mol. The molecule has 0 radical (unpaired) electrons. The molecule has 1 aromatic rings. The minimum atomic E-state index is -1.13. The number of nitrogens with one attached hydrogen (secondary N) is 1. The minimum Gasteiger partial charge on any atom is -0.322 e. The summed E-state index contributed by atoms with van der Waals surface area (Å²) in [5.41, 5.74) is 3.39. The van der Waals surface area contributed by atoms with E-state index in [1.807, 2.05) is 0 Å². The summed E-state index contributed by atoms with van der Waals surface area (Å²) in [5, 5.41) is 3.32. The third-order valence-electron chi connectivity index (χ3n) is 5.95. The Labute approximate surface area is 135 Å². The van der Waals surface area contributed by atoms with Gasteiger partial charge in [-0.25, -0.2) is 0 Å². The molecule has 1 heterocycles. The van der Waals surface area contributed by atoms with Crippen molar-refractivity contribution in [3.05, 3.63) is 29.3 Å². The molecule has 0 atom stereocenters. The van der Waals surface area contributed by atoms with Crippen LogP contribution in [0.1, 0.15) is 49.7 Å². The second-order valence-corrected chi connectivity index (χ2v) is 12.1. The molecular formula is C19H29NOP+. The standard InChI is InChI=1S/C19H28NOP/c1-15-9-8-10-16(2)17(15)20-18(21)19(11-12-19)22(3)13-6-4-5-7-14-22/h8-10H,4-7,11-14H2,1-3H3/p+1. The zero-order valence-electron chi connectivity index (χ0n) is 14.2. The van der Waals surface area contributed by atoms with Crippen LogP contribution in [-0.4, -0.2) is 30.1 Å². The molecule has 1 amide bonds. The number of anilines is 1. The normalized spacial score (nSPS) is 22.7. The quantitative estimate of drug-likeness (QED) is 0.781. The fourth-order valence-corrected chi connectivity index (χ4v) is 8.85. The zero-order chi connectivity index (χ0) is 15.8. The number of amides is 1. The molecule has 0 bridgehead atoms. The molecule has 1 aliphatic heterocycles. The summed E-state index contributed by atoms with van der Waals surface area (Å²) in [5.74, 6) is 0.322. The molecule has 120 valence electrons. The second kappa shape index (κ2) is 5.96. The Balaban J connectivity index is 1.82. The lowest BCUT2D eigenvalue weighted by molar-refractivity contribution is -0.116. The lowest BCUT2D eigenvalue weighted by Crippen LogP contribution is -2.34. The third-order valence-corrected chi connectivity index (χ3v) is 11.3. The largest absolute Gasteiger partial charge is 0.322 e. The number of hydrogen-bond donors (Lipinski definition) is 1. The fraction of sp³-hybridized carbons (Fsp3) is 0.632. The SMILES string of the molecule is Cc1cccc(C)c1NC(=O)C1([P+]2(C)CCCCCC2)CC1. The Morgan fingerprint density at radius 2 is 1.59 bits per heavy atom. The first-order valence-electron chi connectivity index (χ1n) is 8.71. The number of para-hydroxylation sites is 1. The van der Waals surface area contributed by atoms with E-state index in [2.05, 4.69) is 44.0 Å². The van der Waals surface area contributed by atoms with Crippen molar-refractivity contribution < 1.29 is 4.79 Å². The Morgan fingerprint density at radius 3 is 2.09 bits per heavy atom. The lowest BCUT2D eigenvalue weighted by Gasteiger charge is -2.30. The minimum absolute atomic E-state index is 0.00601. The molecule has 0 spiro atoms. The van der Waals surface area contributed by atoms with Gasteiger partial charge in [0, 0.05) is 32.5 Å². The average molecular weight is 318 g/mol. The number of benzene rings is 1. The first kappa shape index (κ1) is 16.0. The van der Waals surface area contributed by atoms with Crippen LogP contribution in [0, 0.1) is 13.8 Å². The van der Waals surface area contributed by atoms with E-state index >= 15 is 0 Å². The molecule has 3 heteroatoms. The van der Waals surface area contributed by atoms with Gasteiger partial charge in [-0.1, -0.05) is 18.2 Å². The molecule has 3 rings (SSSR count). The van der Waals surface area contributed by atoms with Gasteiger partial charge in [0.25, 0.3) is 5.91 Å². The number of carbonyl (C=O) groups is 1. The summed E-state index contributed by atoms with van der Waals surface area (Å²) in [6, 6.07) is 6.24.